The molecule has 2 unspecified atom stereocenters. The monoisotopic (exact) mass is 354 g/mol. The number of phenolic OH excluding ortho intramolecular Hbond substituents is 1. The Labute approximate surface area is 154 Å². The number of aromatic hydroxyl groups is 1. The maximum atomic E-state index is 10.7. The van der Waals surface area contributed by atoms with Crippen molar-refractivity contribution in [3.8, 4) is 16.9 Å². The van der Waals surface area contributed by atoms with E-state index >= 15 is 0 Å². The molecule has 0 aliphatic carbocycles. The molecule has 2 aromatic rings. The fourth-order valence-electron chi connectivity index (χ4n) is 4.84. The molecule has 0 radical (unpaired) electrons. The summed E-state index contributed by atoms with van der Waals surface area (Å²) in [4.78, 5) is 11.5. The first-order valence-electron chi connectivity index (χ1n) is 9.04. The first kappa shape index (κ1) is 17.5. The molecule has 0 bridgehead atoms. The number of hydrogen-bond donors (Lipinski definition) is 1. The standard InChI is InChI=1S/C22H26O4/c1-19(2,3)22-20(4,5)14-24-21(22,25-26-22)16-11-12-17(18(23)13-16)15-9-7-6-8-10-15/h6-13,23H,14H2,1-5H3. The van der Waals surface area contributed by atoms with Gasteiger partial charge in [0, 0.05) is 22.0 Å². The Hall–Kier alpha value is -1.88. The van der Waals surface area contributed by atoms with Gasteiger partial charge in [0.25, 0.3) is 5.79 Å². The highest BCUT2D eigenvalue weighted by molar-refractivity contribution is 5.70. The second-order valence-corrected chi connectivity index (χ2v) is 8.98. The molecule has 4 heteroatoms. The zero-order valence-corrected chi connectivity index (χ0v) is 16.0. The third-order valence-corrected chi connectivity index (χ3v) is 5.86. The Morgan fingerprint density at radius 3 is 2.19 bits per heavy atom. The van der Waals surface area contributed by atoms with Gasteiger partial charge in [0.2, 0.25) is 0 Å². The molecule has 0 spiro atoms. The maximum Gasteiger partial charge on any atom is 0.261 e. The molecule has 2 aliphatic heterocycles. The second-order valence-electron chi connectivity index (χ2n) is 8.98. The number of rotatable bonds is 2. The van der Waals surface area contributed by atoms with Gasteiger partial charge in [0.15, 0.2) is 5.60 Å². The highest BCUT2D eigenvalue weighted by atomic mass is 17.3. The van der Waals surface area contributed by atoms with Crippen LogP contribution in [0.15, 0.2) is 48.5 Å². The van der Waals surface area contributed by atoms with Gasteiger partial charge in [-0.1, -0.05) is 77.1 Å². The molecule has 4 rings (SSSR count). The average Bonchev–Trinajstić information content (AvgIpc) is 2.70. The topological polar surface area (TPSA) is 47.9 Å². The smallest absolute Gasteiger partial charge is 0.261 e. The van der Waals surface area contributed by atoms with E-state index in [0.29, 0.717) is 6.61 Å². The van der Waals surface area contributed by atoms with Crippen molar-refractivity contribution in [1.82, 2.24) is 0 Å². The van der Waals surface area contributed by atoms with E-state index in [-0.39, 0.29) is 16.6 Å². The molecular formula is C22H26O4. The van der Waals surface area contributed by atoms with E-state index in [4.69, 9.17) is 14.5 Å². The highest BCUT2D eigenvalue weighted by Crippen LogP contribution is 2.69. The maximum absolute atomic E-state index is 10.7. The quantitative estimate of drug-likeness (QED) is 0.770. The lowest BCUT2D eigenvalue weighted by Crippen LogP contribution is -2.72. The predicted molar refractivity (Wildman–Crippen MR) is 99.3 cm³/mol. The lowest BCUT2D eigenvalue weighted by Gasteiger charge is -2.61. The van der Waals surface area contributed by atoms with Crippen molar-refractivity contribution in [3.05, 3.63) is 54.1 Å². The van der Waals surface area contributed by atoms with Gasteiger partial charge >= 0.3 is 0 Å². The molecule has 2 heterocycles. The van der Waals surface area contributed by atoms with Crippen LogP contribution < -0.4 is 0 Å². The van der Waals surface area contributed by atoms with Gasteiger partial charge in [0.05, 0.1) is 6.61 Å². The lowest BCUT2D eigenvalue weighted by molar-refractivity contribution is -0.626. The average molecular weight is 354 g/mol. The Morgan fingerprint density at radius 2 is 1.65 bits per heavy atom. The van der Waals surface area contributed by atoms with Gasteiger partial charge in [-0.05, 0) is 11.6 Å². The summed E-state index contributed by atoms with van der Waals surface area (Å²) in [6.07, 6.45) is 0. The molecule has 0 aromatic heterocycles. The van der Waals surface area contributed by atoms with E-state index in [1.54, 1.807) is 6.07 Å². The molecule has 1 N–H and O–H groups in total. The molecular weight excluding hydrogens is 328 g/mol. The molecule has 0 saturated carbocycles. The minimum atomic E-state index is -1.01. The summed E-state index contributed by atoms with van der Waals surface area (Å²) in [6.45, 7) is 11.2. The van der Waals surface area contributed by atoms with Gasteiger partial charge in [-0.2, -0.15) is 4.89 Å². The van der Waals surface area contributed by atoms with Crippen LogP contribution in [-0.2, 0) is 20.3 Å². The summed E-state index contributed by atoms with van der Waals surface area (Å²) in [5.74, 6) is -0.809. The summed E-state index contributed by atoms with van der Waals surface area (Å²) in [5, 5.41) is 10.7. The number of ether oxygens (including phenoxy) is 1. The van der Waals surface area contributed by atoms with Crippen LogP contribution in [-0.4, -0.2) is 17.3 Å². The molecule has 0 amide bonds. The zero-order valence-electron chi connectivity index (χ0n) is 16.0. The van der Waals surface area contributed by atoms with Crippen LogP contribution in [0.1, 0.15) is 40.2 Å². The summed E-state index contributed by atoms with van der Waals surface area (Å²) in [5.41, 5.74) is 1.42. The Kier molecular flexibility index (Phi) is 3.59. The van der Waals surface area contributed by atoms with Crippen LogP contribution in [0.3, 0.4) is 0 Å². The van der Waals surface area contributed by atoms with E-state index < -0.39 is 11.4 Å². The van der Waals surface area contributed by atoms with Crippen molar-refractivity contribution in [2.75, 3.05) is 6.61 Å². The summed E-state index contributed by atoms with van der Waals surface area (Å²) in [7, 11) is 0. The molecule has 138 valence electrons. The van der Waals surface area contributed by atoms with Crippen LogP contribution in [0.2, 0.25) is 0 Å². The van der Waals surface area contributed by atoms with Crippen LogP contribution >= 0.6 is 0 Å². The number of phenols is 1. The normalized spacial score (nSPS) is 29.9. The first-order chi connectivity index (χ1) is 12.1. The molecule has 2 aliphatic rings. The van der Waals surface area contributed by atoms with Gasteiger partial charge in [0.1, 0.15) is 5.75 Å². The summed E-state index contributed by atoms with van der Waals surface area (Å²) >= 11 is 0. The van der Waals surface area contributed by atoms with E-state index in [2.05, 4.69) is 34.6 Å². The fourth-order valence-corrected chi connectivity index (χ4v) is 4.84. The van der Waals surface area contributed by atoms with Crippen molar-refractivity contribution in [2.45, 2.75) is 46.0 Å². The Morgan fingerprint density at radius 1 is 0.962 bits per heavy atom. The van der Waals surface area contributed by atoms with Gasteiger partial charge < -0.3 is 9.84 Å². The van der Waals surface area contributed by atoms with Gasteiger partial charge in [-0.3, -0.25) is 0 Å². The van der Waals surface area contributed by atoms with Crippen molar-refractivity contribution in [3.63, 3.8) is 0 Å². The second kappa shape index (κ2) is 5.32. The van der Waals surface area contributed by atoms with Crippen LogP contribution in [0, 0.1) is 10.8 Å². The molecule has 2 aromatic carbocycles. The Balaban J connectivity index is 1.82. The lowest BCUT2D eigenvalue weighted by atomic mass is 9.57. The highest BCUT2D eigenvalue weighted by Gasteiger charge is 2.81. The summed E-state index contributed by atoms with van der Waals surface area (Å²) < 4.78 is 6.21. The van der Waals surface area contributed by atoms with E-state index in [1.165, 1.54) is 0 Å². The predicted octanol–water partition coefficient (Wildman–Crippen LogP) is 5.02. The van der Waals surface area contributed by atoms with E-state index in [1.807, 2.05) is 42.5 Å². The number of hydrogen-bond acceptors (Lipinski definition) is 4. The molecule has 4 nitrogen and oxygen atoms in total. The van der Waals surface area contributed by atoms with Crippen molar-refractivity contribution in [2.24, 2.45) is 10.8 Å². The molecule has 2 fully saturated rings. The van der Waals surface area contributed by atoms with Crippen LogP contribution in [0.4, 0.5) is 0 Å². The zero-order chi connectivity index (χ0) is 18.8. The van der Waals surface area contributed by atoms with E-state index in [0.717, 1.165) is 16.7 Å². The molecule has 26 heavy (non-hydrogen) atoms. The molecule has 2 atom stereocenters. The van der Waals surface area contributed by atoms with E-state index in [9.17, 15) is 5.11 Å². The third-order valence-electron chi connectivity index (χ3n) is 5.86. The van der Waals surface area contributed by atoms with Crippen LogP contribution in [0.25, 0.3) is 11.1 Å². The first-order valence-corrected chi connectivity index (χ1v) is 9.04. The van der Waals surface area contributed by atoms with Gasteiger partial charge in [-0.25, -0.2) is 4.89 Å². The SMILES string of the molecule is CC(C)(C)C12OOC1(c1ccc(-c3ccccc3)c(O)c1)OCC2(C)C. The van der Waals surface area contributed by atoms with Gasteiger partial charge in [-0.15, -0.1) is 0 Å². The van der Waals surface area contributed by atoms with Crippen molar-refractivity contribution < 1.29 is 19.6 Å². The van der Waals surface area contributed by atoms with Crippen LogP contribution in [0.5, 0.6) is 5.75 Å². The minimum absolute atomic E-state index is 0.203. The van der Waals surface area contributed by atoms with Crippen molar-refractivity contribution >= 4 is 0 Å². The number of benzene rings is 2. The largest absolute Gasteiger partial charge is 0.507 e. The summed E-state index contributed by atoms with van der Waals surface area (Å²) in [6, 6.07) is 15.4. The molecule has 2 saturated heterocycles. The Bertz CT molecular complexity index is 837. The van der Waals surface area contributed by atoms with Crippen molar-refractivity contribution in [1.29, 1.82) is 0 Å². The number of fused-ring (bicyclic) bond motifs is 1. The fraction of sp³-hybridized carbons (Fsp3) is 0.455. The minimum Gasteiger partial charge on any atom is -0.507 e. The third kappa shape index (κ3) is 2.01.